The van der Waals surface area contributed by atoms with Gasteiger partial charge >= 0.3 is 5.97 Å². The number of hydrogen-bond acceptors (Lipinski definition) is 8. The van der Waals surface area contributed by atoms with Crippen LogP contribution >= 0.6 is 24.0 Å². The number of carbonyl (C=O) groups excluding carboxylic acids is 1. The summed E-state index contributed by atoms with van der Waals surface area (Å²) in [6.45, 7) is 6.05. The van der Waals surface area contributed by atoms with Crippen molar-refractivity contribution in [1.29, 1.82) is 5.26 Å². The van der Waals surface area contributed by atoms with Crippen LogP contribution in [0.3, 0.4) is 0 Å². The molecule has 2 aromatic rings. The summed E-state index contributed by atoms with van der Waals surface area (Å²) < 4.78 is 1.97. The molecule has 2 saturated heterocycles. The van der Waals surface area contributed by atoms with E-state index in [1.54, 1.807) is 24.9 Å². The van der Waals surface area contributed by atoms with Crippen LogP contribution < -0.4 is 10.5 Å². The van der Waals surface area contributed by atoms with Crippen molar-refractivity contribution in [3.05, 3.63) is 67.8 Å². The van der Waals surface area contributed by atoms with E-state index < -0.39 is 5.97 Å². The third kappa shape index (κ3) is 6.63. The maximum absolute atomic E-state index is 13.3. The Hall–Kier alpha value is -3.46. The van der Waals surface area contributed by atoms with E-state index >= 15 is 0 Å². The molecule has 11 heteroatoms. The zero-order chi connectivity index (χ0) is 28.8. The van der Waals surface area contributed by atoms with E-state index in [2.05, 4.69) is 28.0 Å². The number of nitriles is 1. The van der Waals surface area contributed by atoms with Gasteiger partial charge < -0.3 is 10.0 Å². The van der Waals surface area contributed by atoms with E-state index in [0.29, 0.717) is 65.1 Å². The van der Waals surface area contributed by atoms with Crippen LogP contribution in [0.15, 0.2) is 40.0 Å². The first-order valence-electron chi connectivity index (χ1n) is 13.3. The monoisotopic (exact) mass is 579 g/mol. The lowest BCUT2D eigenvalue weighted by Gasteiger charge is -2.37. The van der Waals surface area contributed by atoms with Crippen molar-refractivity contribution in [2.75, 3.05) is 37.6 Å². The zero-order valence-electron chi connectivity index (χ0n) is 22.8. The molecule has 1 amide bonds. The van der Waals surface area contributed by atoms with Crippen LogP contribution in [-0.2, 0) is 23.2 Å². The lowest BCUT2D eigenvalue weighted by Crippen LogP contribution is -2.48. The predicted molar refractivity (Wildman–Crippen MR) is 161 cm³/mol. The Balaban J connectivity index is 1.57. The van der Waals surface area contributed by atoms with Gasteiger partial charge in [0.05, 0.1) is 4.91 Å². The fraction of sp³-hybridized carbons (Fsp3) is 0.414. The van der Waals surface area contributed by atoms with E-state index in [4.69, 9.17) is 17.3 Å². The molecule has 2 aliphatic heterocycles. The molecule has 0 radical (unpaired) electrons. The van der Waals surface area contributed by atoms with E-state index in [1.807, 2.05) is 18.2 Å². The van der Waals surface area contributed by atoms with E-state index in [9.17, 15) is 19.6 Å². The van der Waals surface area contributed by atoms with Crippen molar-refractivity contribution in [2.45, 2.75) is 39.2 Å². The first kappa shape index (κ1) is 29.5. The van der Waals surface area contributed by atoms with Crippen molar-refractivity contribution in [2.24, 2.45) is 7.05 Å². The van der Waals surface area contributed by atoms with Crippen LogP contribution in [0.1, 0.15) is 47.9 Å². The highest BCUT2D eigenvalue weighted by atomic mass is 32.2. The molecule has 0 unspecified atom stereocenters. The smallest absolute Gasteiger partial charge is 0.303 e. The second-order valence-corrected chi connectivity index (χ2v) is 11.7. The van der Waals surface area contributed by atoms with Gasteiger partial charge in [-0.05, 0) is 37.0 Å². The van der Waals surface area contributed by atoms with Crippen LogP contribution in [0.2, 0.25) is 0 Å². The quantitative estimate of drug-likeness (QED) is 0.256. The topological polar surface area (TPSA) is 110 Å². The van der Waals surface area contributed by atoms with Gasteiger partial charge in [0.1, 0.15) is 21.8 Å². The molecule has 9 nitrogen and oxygen atoms in total. The number of hydrogen-bond donors (Lipinski definition) is 1. The largest absolute Gasteiger partial charge is 0.481 e. The molecule has 3 heterocycles. The standard InChI is InChI=1S/C29H33N5O4S2/c1-20-22(17-24-28(38)34(29(39)40-24)12-8-4-7-11-25(35)36)26(31(2)27(37)23(20)18-30)33-15-13-32(14-16-33)19-21-9-5-3-6-10-21/h3,5-6,9-10,17H,4,7-8,11-16,19H2,1-2H3,(H,35,36)/b24-17+. The first-order valence-corrected chi connectivity index (χ1v) is 14.6. The number of anilines is 1. The SMILES string of the molecule is Cc1c(/C=C2/SC(=S)N(CCCCCC(=O)O)C2=O)c(N2CCN(Cc3ccccc3)CC2)n(C)c(=O)c1C#N. The number of carbonyl (C=O) groups is 2. The van der Waals surface area contributed by atoms with Gasteiger partial charge in [0.2, 0.25) is 0 Å². The molecule has 0 bridgehead atoms. The molecule has 1 aromatic carbocycles. The fourth-order valence-electron chi connectivity index (χ4n) is 5.10. The molecule has 210 valence electrons. The van der Waals surface area contributed by atoms with Gasteiger partial charge in [-0.3, -0.25) is 28.8 Å². The van der Waals surface area contributed by atoms with Crippen LogP contribution in [0.25, 0.3) is 6.08 Å². The van der Waals surface area contributed by atoms with Gasteiger partial charge in [-0.2, -0.15) is 5.26 Å². The van der Waals surface area contributed by atoms with Crippen LogP contribution in [0.5, 0.6) is 0 Å². The number of carboxylic acid groups (broad SMARTS) is 1. The Kier molecular flexibility index (Phi) is 9.79. The van der Waals surface area contributed by atoms with Crippen molar-refractivity contribution >= 4 is 52.1 Å². The summed E-state index contributed by atoms with van der Waals surface area (Å²) in [7, 11) is 1.67. The molecular formula is C29H33N5O4S2. The third-order valence-electron chi connectivity index (χ3n) is 7.31. The van der Waals surface area contributed by atoms with Gasteiger partial charge in [-0.15, -0.1) is 0 Å². The van der Waals surface area contributed by atoms with Gasteiger partial charge in [0.15, 0.2) is 0 Å². The molecule has 40 heavy (non-hydrogen) atoms. The molecule has 0 spiro atoms. The average molecular weight is 580 g/mol. The number of rotatable bonds is 10. The molecule has 0 saturated carbocycles. The maximum atomic E-state index is 13.3. The summed E-state index contributed by atoms with van der Waals surface area (Å²) >= 11 is 6.70. The number of unbranched alkanes of at least 4 members (excludes halogenated alkanes) is 2. The minimum Gasteiger partial charge on any atom is -0.481 e. The Morgan fingerprint density at radius 1 is 1.12 bits per heavy atom. The summed E-state index contributed by atoms with van der Waals surface area (Å²) in [5, 5.41) is 18.6. The first-order chi connectivity index (χ1) is 19.2. The number of thiocarbonyl (C=S) groups is 1. The minimum absolute atomic E-state index is 0.0640. The highest BCUT2D eigenvalue weighted by Crippen LogP contribution is 2.36. The normalized spacial score (nSPS) is 17.1. The zero-order valence-corrected chi connectivity index (χ0v) is 24.4. The van der Waals surface area contributed by atoms with E-state index in [0.717, 1.165) is 19.6 Å². The number of carboxylic acids is 1. The number of aliphatic carboxylic acids is 1. The minimum atomic E-state index is -0.827. The van der Waals surface area contributed by atoms with Crippen molar-refractivity contribution < 1.29 is 14.7 Å². The number of amides is 1. The third-order valence-corrected chi connectivity index (χ3v) is 8.69. The molecular weight excluding hydrogens is 546 g/mol. The van der Waals surface area contributed by atoms with Crippen molar-refractivity contribution in [1.82, 2.24) is 14.4 Å². The summed E-state index contributed by atoms with van der Waals surface area (Å²) in [5.74, 6) is -0.343. The number of aromatic nitrogens is 1. The maximum Gasteiger partial charge on any atom is 0.303 e. The molecule has 4 rings (SSSR count). The Morgan fingerprint density at radius 3 is 2.48 bits per heavy atom. The second-order valence-electron chi connectivity index (χ2n) is 10.00. The fourth-order valence-corrected chi connectivity index (χ4v) is 6.39. The number of pyridine rings is 1. The summed E-state index contributed by atoms with van der Waals surface area (Å²) in [5.41, 5.74) is 2.19. The van der Waals surface area contributed by atoms with Gasteiger partial charge in [-0.1, -0.05) is 60.7 Å². The second kappa shape index (κ2) is 13.3. The number of nitrogens with zero attached hydrogens (tertiary/aromatic N) is 5. The summed E-state index contributed by atoms with van der Waals surface area (Å²) in [4.78, 5) is 43.7. The summed E-state index contributed by atoms with van der Waals surface area (Å²) in [6, 6.07) is 12.4. The van der Waals surface area contributed by atoms with Crippen LogP contribution in [0, 0.1) is 18.3 Å². The highest BCUT2D eigenvalue weighted by molar-refractivity contribution is 8.26. The van der Waals surface area contributed by atoms with Crippen molar-refractivity contribution in [3.8, 4) is 6.07 Å². The Bertz CT molecular complexity index is 1420. The lowest BCUT2D eigenvalue weighted by atomic mass is 10.0. The van der Waals surface area contributed by atoms with Crippen molar-refractivity contribution in [3.63, 3.8) is 0 Å². The summed E-state index contributed by atoms with van der Waals surface area (Å²) in [6.07, 6.45) is 3.77. The van der Waals surface area contributed by atoms with Crippen LogP contribution in [-0.4, -0.2) is 68.4 Å². The number of benzene rings is 1. The average Bonchev–Trinajstić information content (AvgIpc) is 3.20. The molecule has 2 fully saturated rings. The lowest BCUT2D eigenvalue weighted by molar-refractivity contribution is -0.137. The predicted octanol–water partition coefficient (Wildman–Crippen LogP) is 3.73. The highest BCUT2D eigenvalue weighted by Gasteiger charge is 2.33. The molecule has 0 aliphatic carbocycles. The number of thioether (sulfide) groups is 1. The van der Waals surface area contributed by atoms with Gasteiger partial charge in [0.25, 0.3) is 11.5 Å². The Labute approximate surface area is 243 Å². The molecule has 1 N–H and O–H groups in total. The Morgan fingerprint density at radius 2 is 1.82 bits per heavy atom. The number of piperazine rings is 1. The van der Waals surface area contributed by atoms with Crippen LogP contribution in [0.4, 0.5) is 5.82 Å². The molecule has 1 aromatic heterocycles. The molecule has 0 atom stereocenters. The van der Waals surface area contributed by atoms with Gasteiger partial charge in [0, 0.05) is 58.3 Å². The molecule has 2 aliphatic rings. The van der Waals surface area contributed by atoms with E-state index in [-0.39, 0.29) is 23.5 Å². The van der Waals surface area contributed by atoms with E-state index in [1.165, 1.54) is 21.9 Å². The van der Waals surface area contributed by atoms with Gasteiger partial charge in [-0.25, -0.2) is 0 Å².